The fraction of sp³-hybridized carbons (Fsp3) is 0.296. The standard InChI is InChI=1S/C27H28F3N6O5P/c1-5-40-42(38,41-6-2)15-16-7-9-20(22(11-16)39-4)34-26-32-13-19(27(28,29)30)24(35-26)33-21-10-8-17(12-31)18-14-36(3)25(37)23(18)21/h7-11,13-14,37H,5-6,15H2,1-4H3,(H2,32,33,34,35). The third kappa shape index (κ3) is 6.44. The van der Waals surface area contributed by atoms with Crippen LogP contribution in [0.15, 0.2) is 42.7 Å². The van der Waals surface area contributed by atoms with Crippen LogP contribution in [0.25, 0.3) is 10.8 Å². The Hall–Kier alpha value is -4.31. The quantitative estimate of drug-likeness (QED) is 0.156. The van der Waals surface area contributed by atoms with Gasteiger partial charge in [-0.05, 0) is 43.7 Å². The number of fused-ring (bicyclic) bond motifs is 1. The predicted molar refractivity (Wildman–Crippen MR) is 150 cm³/mol. The first-order valence-corrected chi connectivity index (χ1v) is 14.4. The number of aromatic hydroxyl groups is 1. The molecule has 0 saturated heterocycles. The molecule has 0 atom stereocenters. The summed E-state index contributed by atoms with van der Waals surface area (Å²) in [6.45, 7) is 3.82. The maximum absolute atomic E-state index is 13.9. The molecule has 15 heteroatoms. The van der Waals surface area contributed by atoms with Crippen LogP contribution < -0.4 is 15.4 Å². The molecule has 4 rings (SSSR count). The van der Waals surface area contributed by atoms with Crippen molar-refractivity contribution in [3.8, 4) is 17.7 Å². The zero-order valence-corrected chi connectivity index (χ0v) is 24.0. The van der Waals surface area contributed by atoms with Gasteiger partial charge in [0, 0.05) is 24.8 Å². The van der Waals surface area contributed by atoms with Crippen LogP contribution in [-0.4, -0.2) is 40.0 Å². The van der Waals surface area contributed by atoms with Crippen LogP contribution in [0.3, 0.4) is 0 Å². The number of aromatic nitrogens is 3. The highest BCUT2D eigenvalue weighted by Gasteiger charge is 2.36. The second-order valence-corrected chi connectivity index (χ2v) is 11.0. The molecule has 222 valence electrons. The van der Waals surface area contributed by atoms with E-state index in [0.29, 0.717) is 22.8 Å². The maximum Gasteiger partial charge on any atom is 0.421 e. The van der Waals surface area contributed by atoms with Crippen molar-refractivity contribution < 1.29 is 36.6 Å². The molecule has 11 nitrogen and oxygen atoms in total. The highest BCUT2D eigenvalue weighted by molar-refractivity contribution is 7.53. The van der Waals surface area contributed by atoms with E-state index in [1.165, 1.54) is 30.0 Å². The van der Waals surface area contributed by atoms with E-state index in [-0.39, 0.29) is 53.6 Å². The summed E-state index contributed by atoms with van der Waals surface area (Å²) in [5.74, 6) is -0.728. The molecule has 0 unspecified atom stereocenters. The summed E-state index contributed by atoms with van der Waals surface area (Å²) in [6, 6.07) is 9.65. The van der Waals surface area contributed by atoms with E-state index in [4.69, 9.17) is 13.8 Å². The lowest BCUT2D eigenvalue weighted by Crippen LogP contribution is -2.13. The maximum atomic E-state index is 13.9. The molecule has 0 aliphatic heterocycles. The lowest BCUT2D eigenvalue weighted by molar-refractivity contribution is -0.137. The second-order valence-electron chi connectivity index (χ2n) is 8.97. The molecule has 0 aliphatic rings. The van der Waals surface area contributed by atoms with E-state index >= 15 is 0 Å². The van der Waals surface area contributed by atoms with Gasteiger partial charge < -0.3 is 34.1 Å². The Morgan fingerprint density at radius 1 is 1.12 bits per heavy atom. The van der Waals surface area contributed by atoms with Gasteiger partial charge in [-0.2, -0.15) is 23.4 Å². The first-order chi connectivity index (χ1) is 19.9. The number of alkyl halides is 3. The molecule has 3 N–H and O–H groups in total. The molecule has 0 fully saturated rings. The van der Waals surface area contributed by atoms with Crippen molar-refractivity contribution >= 4 is 41.5 Å². The Morgan fingerprint density at radius 2 is 1.81 bits per heavy atom. The summed E-state index contributed by atoms with van der Waals surface area (Å²) in [5, 5.41) is 26.0. The van der Waals surface area contributed by atoms with E-state index in [9.17, 15) is 28.1 Å². The third-order valence-corrected chi connectivity index (χ3v) is 8.19. The van der Waals surface area contributed by atoms with Gasteiger partial charge in [-0.3, -0.25) is 4.57 Å². The van der Waals surface area contributed by atoms with Crippen LogP contribution in [0.1, 0.15) is 30.5 Å². The van der Waals surface area contributed by atoms with Crippen molar-refractivity contribution in [2.45, 2.75) is 26.2 Å². The molecular formula is C27H28F3N6O5P. The minimum atomic E-state index is -4.81. The van der Waals surface area contributed by atoms with Crippen molar-refractivity contribution in [2.24, 2.45) is 7.05 Å². The van der Waals surface area contributed by atoms with Gasteiger partial charge in [0.1, 0.15) is 17.1 Å². The molecule has 0 spiro atoms. The third-order valence-electron chi connectivity index (χ3n) is 6.13. The van der Waals surface area contributed by atoms with Gasteiger partial charge in [0.2, 0.25) is 11.8 Å². The van der Waals surface area contributed by atoms with Gasteiger partial charge in [-0.1, -0.05) is 6.07 Å². The Bertz CT molecular complexity index is 1690. The topological polar surface area (TPSA) is 144 Å². The molecule has 2 heterocycles. The number of benzene rings is 2. The molecule has 4 aromatic rings. The molecule has 2 aromatic carbocycles. The summed E-state index contributed by atoms with van der Waals surface area (Å²) in [6.07, 6.45) is -2.68. The lowest BCUT2D eigenvalue weighted by atomic mass is 10.1. The van der Waals surface area contributed by atoms with E-state index in [0.717, 1.165) is 0 Å². The van der Waals surface area contributed by atoms with Crippen molar-refractivity contribution in [3.63, 3.8) is 0 Å². The molecule has 0 amide bonds. The summed E-state index contributed by atoms with van der Waals surface area (Å²) in [7, 11) is -0.451. The molecule has 0 aliphatic carbocycles. The number of methoxy groups -OCH3 is 1. The molecule has 42 heavy (non-hydrogen) atoms. The molecule has 2 aromatic heterocycles. The summed E-state index contributed by atoms with van der Waals surface area (Å²) < 4.78 is 72.2. The smallest absolute Gasteiger partial charge is 0.421 e. The average Bonchev–Trinajstić information content (AvgIpc) is 3.23. The summed E-state index contributed by atoms with van der Waals surface area (Å²) in [5.41, 5.74) is 0.113. The van der Waals surface area contributed by atoms with Crippen LogP contribution >= 0.6 is 7.60 Å². The molecule has 0 radical (unpaired) electrons. The highest BCUT2D eigenvalue weighted by Crippen LogP contribution is 2.51. The number of aryl methyl sites for hydroxylation is 1. The van der Waals surface area contributed by atoms with Crippen LogP contribution in [0, 0.1) is 11.3 Å². The zero-order chi connectivity index (χ0) is 30.7. The number of ether oxygens (including phenoxy) is 1. The van der Waals surface area contributed by atoms with Crippen LogP contribution in [0.5, 0.6) is 11.6 Å². The number of hydrogen-bond acceptors (Lipinski definition) is 10. The van der Waals surface area contributed by atoms with Crippen LogP contribution in [0.4, 0.5) is 36.3 Å². The van der Waals surface area contributed by atoms with Crippen LogP contribution in [-0.2, 0) is 33.0 Å². The number of hydrogen-bond donors (Lipinski definition) is 3. The largest absolute Gasteiger partial charge is 0.495 e. The Labute approximate surface area is 239 Å². The lowest BCUT2D eigenvalue weighted by Gasteiger charge is -2.18. The Morgan fingerprint density at radius 3 is 2.43 bits per heavy atom. The Balaban J connectivity index is 1.70. The normalized spacial score (nSPS) is 11.9. The van der Waals surface area contributed by atoms with Gasteiger partial charge in [0.25, 0.3) is 0 Å². The van der Waals surface area contributed by atoms with Gasteiger partial charge in [0.05, 0.1) is 54.9 Å². The number of rotatable bonds is 11. The second kappa shape index (κ2) is 12.3. The molecule has 0 saturated carbocycles. The van der Waals surface area contributed by atoms with Crippen LogP contribution in [0.2, 0.25) is 0 Å². The van der Waals surface area contributed by atoms with Crippen molar-refractivity contribution in [1.29, 1.82) is 5.26 Å². The van der Waals surface area contributed by atoms with Crippen molar-refractivity contribution in [1.82, 2.24) is 14.5 Å². The predicted octanol–water partition coefficient (Wildman–Crippen LogP) is 6.83. The molecule has 0 bridgehead atoms. The fourth-order valence-corrected chi connectivity index (χ4v) is 5.99. The minimum Gasteiger partial charge on any atom is -0.495 e. The minimum absolute atomic E-state index is 0.0123. The highest BCUT2D eigenvalue weighted by atomic mass is 31.2. The van der Waals surface area contributed by atoms with Gasteiger partial charge in [-0.15, -0.1) is 0 Å². The first kappa shape index (κ1) is 30.6. The fourth-order valence-electron chi connectivity index (χ4n) is 4.30. The number of nitrogens with one attached hydrogen (secondary N) is 2. The number of anilines is 4. The van der Waals surface area contributed by atoms with Crippen molar-refractivity contribution in [3.05, 3.63) is 59.4 Å². The monoisotopic (exact) mass is 604 g/mol. The van der Waals surface area contributed by atoms with Gasteiger partial charge >= 0.3 is 13.8 Å². The van der Waals surface area contributed by atoms with E-state index in [1.807, 2.05) is 6.07 Å². The number of halogens is 3. The number of nitrogens with zero attached hydrogens (tertiary/aromatic N) is 4. The summed E-state index contributed by atoms with van der Waals surface area (Å²) >= 11 is 0. The average molecular weight is 605 g/mol. The first-order valence-electron chi connectivity index (χ1n) is 12.7. The zero-order valence-electron chi connectivity index (χ0n) is 23.1. The van der Waals surface area contributed by atoms with E-state index in [2.05, 4.69) is 20.6 Å². The SMILES string of the molecule is CCOP(=O)(Cc1ccc(Nc2ncc(C(F)(F)F)c(Nc3ccc(C#N)c4cn(C)c(O)c34)n2)c(OC)c1)OCC. The number of nitriles is 1. The van der Waals surface area contributed by atoms with E-state index in [1.54, 1.807) is 39.1 Å². The Kier molecular flexibility index (Phi) is 8.96. The molecular weight excluding hydrogens is 576 g/mol. The van der Waals surface area contributed by atoms with E-state index < -0.39 is 25.2 Å². The van der Waals surface area contributed by atoms with Gasteiger partial charge in [0.15, 0.2) is 0 Å². The summed E-state index contributed by atoms with van der Waals surface area (Å²) in [4.78, 5) is 7.92. The van der Waals surface area contributed by atoms with Gasteiger partial charge in [-0.25, -0.2) is 4.98 Å². The van der Waals surface area contributed by atoms with Crippen molar-refractivity contribution in [2.75, 3.05) is 31.0 Å².